The second-order valence-electron chi connectivity index (χ2n) is 9.94. The van der Waals surface area contributed by atoms with E-state index in [0.29, 0.717) is 0 Å². The van der Waals surface area contributed by atoms with E-state index in [0.717, 1.165) is 17.1 Å². The maximum absolute atomic E-state index is 2.31. The van der Waals surface area contributed by atoms with Crippen molar-refractivity contribution in [3.63, 3.8) is 0 Å². The van der Waals surface area contributed by atoms with Crippen molar-refractivity contribution in [2.45, 2.75) is 0 Å². The number of aromatic nitrogens is 1. The summed E-state index contributed by atoms with van der Waals surface area (Å²) in [5, 5.41) is 2.59. The van der Waals surface area contributed by atoms with Crippen molar-refractivity contribution in [3.05, 3.63) is 152 Å². The summed E-state index contributed by atoms with van der Waals surface area (Å²) in [7, 11) is 2.15. The van der Waals surface area contributed by atoms with Gasteiger partial charge in [-0.2, -0.15) is 0 Å². The summed E-state index contributed by atoms with van der Waals surface area (Å²) < 4.78 is 2.29. The number of benzene rings is 6. The van der Waals surface area contributed by atoms with Gasteiger partial charge in [0.1, 0.15) is 0 Å². The average Bonchev–Trinajstić information content (AvgIpc) is 3.30. The van der Waals surface area contributed by atoms with Crippen molar-refractivity contribution < 1.29 is 0 Å². The number of rotatable bonds is 5. The fourth-order valence-electron chi connectivity index (χ4n) is 5.60. The molecular formula is C37H28N2. The van der Waals surface area contributed by atoms with Crippen LogP contribution in [0.25, 0.3) is 44.1 Å². The molecule has 2 nitrogen and oxygen atoms in total. The molecule has 39 heavy (non-hydrogen) atoms. The van der Waals surface area contributed by atoms with Gasteiger partial charge in [-0.25, -0.2) is 0 Å². The van der Waals surface area contributed by atoms with Gasteiger partial charge >= 0.3 is 0 Å². The molecule has 0 fully saturated rings. The van der Waals surface area contributed by atoms with E-state index >= 15 is 0 Å². The van der Waals surface area contributed by atoms with Crippen LogP contribution in [0.3, 0.4) is 0 Å². The largest absolute Gasteiger partial charge is 0.344 e. The van der Waals surface area contributed by atoms with Crippen molar-refractivity contribution >= 4 is 38.9 Å². The molecule has 0 spiro atoms. The van der Waals surface area contributed by atoms with E-state index in [1.54, 1.807) is 0 Å². The Morgan fingerprint density at radius 1 is 0.385 bits per heavy atom. The highest BCUT2D eigenvalue weighted by molar-refractivity contribution is 6.09. The third-order valence-electron chi connectivity index (χ3n) is 7.62. The quantitative estimate of drug-likeness (QED) is 0.228. The van der Waals surface area contributed by atoms with Gasteiger partial charge in [0, 0.05) is 45.9 Å². The molecule has 0 radical (unpaired) electrons. The van der Waals surface area contributed by atoms with Crippen molar-refractivity contribution in [2.24, 2.45) is 7.05 Å². The molecule has 0 unspecified atom stereocenters. The van der Waals surface area contributed by atoms with Gasteiger partial charge in [0.15, 0.2) is 0 Å². The summed E-state index contributed by atoms with van der Waals surface area (Å²) in [5.41, 5.74) is 10.8. The van der Waals surface area contributed by atoms with Crippen molar-refractivity contribution in [3.8, 4) is 22.3 Å². The van der Waals surface area contributed by atoms with Gasteiger partial charge in [0.05, 0.1) is 0 Å². The zero-order chi connectivity index (χ0) is 26.2. The molecule has 0 atom stereocenters. The maximum Gasteiger partial charge on any atom is 0.0494 e. The molecule has 2 heteroatoms. The number of hydrogen-bond acceptors (Lipinski definition) is 1. The normalized spacial score (nSPS) is 11.2. The number of para-hydroxylation sites is 2. The van der Waals surface area contributed by atoms with Gasteiger partial charge in [-0.1, -0.05) is 103 Å². The lowest BCUT2D eigenvalue weighted by molar-refractivity contribution is 1.01. The summed E-state index contributed by atoms with van der Waals surface area (Å²) in [4.78, 5) is 2.31. The lowest BCUT2D eigenvalue weighted by atomic mass is 10.0. The molecule has 7 rings (SSSR count). The van der Waals surface area contributed by atoms with E-state index in [1.165, 1.54) is 44.1 Å². The first-order valence-electron chi connectivity index (χ1n) is 13.3. The molecule has 0 aliphatic heterocycles. The van der Waals surface area contributed by atoms with Crippen LogP contribution in [0, 0.1) is 0 Å². The Morgan fingerprint density at radius 3 is 1.51 bits per heavy atom. The molecule has 0 amide bonds. The molecule has 186 valence electrons. The Morgan fingerprint density at radius 2 is 0.846 bits per heavy atom. The van der Waals surface area contributed by atoms with E-state index in [1.807, 2.05) is 0 Å². The van der Waals surface area contributed by atoms with Gasteiger partial charge in [-0.3, -0.25) is 0 Å². The molecule has 1 heterocycles. The number of hydrogen-bond donors (Lipinski definition) is 0. The smallest absolute Gasteiger partial charge is 0.0494 e. The van der Waals surface area contributed by atoms with Crippen molar-refractivity contribution in [1.82, 2.24) is 4.57 Å². The molecule has 0 aliphatic rings. The maximum atomic E-state index is 2.31. The van der Waals surface area contributed by atoms with Crippen LogP contribution >= 0.6 is 0 Å². The number of fused-ring (bicyclic) bond motifs is 3. The predicted octanol–water partition coefficient (Wildman–Crippen LogP) is 10.1. The standard InChI is InChI=1S/C37H28N2/c1-38-36-15-9-8-14-34(36)35-25-20-30(26-37(35)38)29-18-23-33(24-19-29)39(31-12-6-3-7-13-31)32-21-16-28(17-22-32)27-10-4-2-5-11-27/h2-26H,1H3. The highest BCUT2D eigenvalue weighted by Gasteiger charge is 2.14. The Kier molecular flexibility index (Phi) is 5.71. The second-order valence-corrected chi connectivity index (χ2v) is 9.94. The Labute approximate surface area is 229 Å². The highest BCUT2D eigenvalue weighted by Crippen LogP contribution is 2.37. The molecule has 0 saturated carbocycles. The average molecular weight is 501 g/mol. The highest BCUT2D eigenvalue weighted by atomic mass is 15.1. The SMILES string of the molecule is Cn1c2ccccc2c2ccc(-c3ccc(N(c4ccccc4)c4ccc(-c5ccccc5)cc4)cc3)cc21. The van der Waals surface area contributed by atoms with Gasteiger partial charge < -0.3 is 9.47 Å². The predicted molar refractivity (Wildman–Crippen MR) is 166 cm³/mol. The van der Waals surface area contributed by atoms with Gasteiger partial charge in [0.2, 0.25) is 0 Å². The fourth-order valence-corrected chi connectivity index (χ4v) is 5.60. The van der Waals surface area contributed by atoms with E-state index in [9.17, 15) is 0 Å². The van der Waals surface area contributed by atoms with Crippen LogP contribution in [-0.4, -0.2) is 4.57 Å². The van der Waals surface area contributed by atoms with Crippen molar-refractivity contribution in [2.75, 3.05) is 4.90 Å². The van der Waals surface area contributed by atoms with Crippen LogP contribution < -0.4 is 4.90 Å². The number of anilines is 3. The van der Waals surface area contributed by atoms with Crippen LogP contribution in [0.2, 0.25) is 0 Å². The summed E-state index contributed by atoms with van der Waals surface area (Å²) in [6.45, 7) is 0. The molecule has 6 aromatic carbocycles. The minimum Gasteiger partial charge on any atom is -0.344 e. The Balaban J connectivity index is 1.26. The van der Waals surface area contributed by atoms with Gasteiger partial charge in [-0.05, 0) is 70.8 Å². The minimum absolute atomic E-state index is 1.13. The zero-order valence-electron chi connectivity index (χ0n) is 21.8. The summed E-state index contributed by atoms with van der Waals surface area (Å²) >= 11 is 0. The zero-order valence-corrected chi connectivity index (χ0v) is 21.8. The monoisotopic (exact) mass is 500 g/mol. The molecule has 7 aromatic rings. The lowest BCUT2D eigenvalue weighted by Gasteiger charge is -2.26. The second kappa shape index (κ2) is 9.66. The molecule has 0 N–H and O–H groups in total. The Bertz CT molecular complexity index is 1880. The molecule has 1 aromatic heterocycles. The third kappa shape index (κ3) is 4.17. The third-order valence-corrected chi connectivity index (χ3v) is 7.62. The van der Waals surface area contributed by atoms with Crippen LogP contribution in [0.5, 0.6) is 0 Å². The fraction of sp³-hybridized carbons (Fsp3) is 0.0270. The molecule has 0 aliphatic carbocycles. The van der Waals surface area contributed by atoms with E-state index in [4.69, 9.17) is 0 Å². The van der Waals surface area contributed by atoms with Crippen LogP contribution in [0.15, 0.2) is 152 Å². The molecule has 0 saturated heterocycles. The Hall–Kier alpha value is -5.08. The lowest BCUT2D eigenvalue weighted by Crippen LogP contribution is -2.09. The summed E-state index contributed by atoms with van der Waals surface area (Å²) in [6.07, 6.45) is 0. The van der Waals surface area contributed by atoms with Crippen LogP contribution in [0.1, 0.15) is 0 Å². The molecular weight excluding hydrogens is 472 g/mol. The van der Waals surface area contributed by atoms with Crippen LogP contribution in [-0.2, 0) is 7.05 Å². The first kappa shape index (κ1) is 23.1. The summed E-state index contributed by atoms with van der Waals surface area (Å²) in [5.74, 6) is 0. The van der Waals surface area contributed by atoms with Gasteiger partial charge in [0.25, 0.3) is 0 Å². The summed E-state index contributed by atoms with van der Waals surface area (Å²) in [6, 6.07) is 54.2. The first-order chi connectivity index (χ1) is 19.3. The minimum atomic E-state index is 1.13. The van der Waals surface area contributed by atoms with Gasteiger partial charge in [-0.15, -0.1) is 0 Å². The number of aryl methyl sites for hydroxylation is 1. The van der Waals surface area contributed by atoms with Crippen LogP contribution in [0.4, 0.5) is 17.1 Å². The van der Waals surface area contributed by atoms with Crippen molar-refractivity contribution in [1.29, 1.82) is 0 Å². The molecule has 0 bridgehead atoms. The number of nitrogens with zero attached hydrogens (tertiary/aromatic N) is 2. The van der Waals surface area contributed by atoms with E-state index in [2.05, 4.69) is 168 Å². The van der Waals surface area contributed by atoms with E-state index in [-0.39, 0.29) is 0 Å². The van der Waals surface area contributed by atoms with E-state index < -0.39 is 0 Å². The topological polar surface area (TPSA) is 8.17 Å². The first-order valence-corrected chi connectivity index (χ1v) is 13.3.